The molecule has 102 valence electrons. The second kappa shape index (κ2) is 4.94. The Labute approximate surface area is 115 Å². The van der Waals surface area contributed by atoms with Crippen molar-refractivity contribution in [2.45, 2.75) is 13.5 Å². The molecule has 3 rings (SSSR count). The van der Waals surface area contributed by atoms with Crippen molar-refractivity contribution in [3.63, 3.8) is 0 Å². The van der Waals surface area contributed by atoms with Gasteiger partial charge in [0.15, 0.2) is 11.6 Å². The zero-order valence-electron chi connectivity index (χ0n) is 11.0. The molecule has 0 spiro atoms. The Kier molecular flexibility index (Phi) is 3.12. The zero-order valence-corrected chi connectivity index (χ0v) is 11.0. The fraction of sp³-hybridized carbons (Fsp3) is 0.133. The van der Waals surface area contributed by atoms with Crippen LogP contribution in [0.25, 0.3) is 5.65 Å². The van der Waals surface area contributed by atoms with Crippen LogP contribution in [0.2, 0.25) is 0 Å². The van der Waals surface area contributed by atoms with Crippen molar-refractivity contribution in [3.05, 3.63) is 59.7 Å². The first kappa shape index (κ1) is 12.6. The van der Waals surface area contributed by atoms with Crippen molar-refractivity contribution >= 4 is 5.65 Å². The van der Waals surface area contributed by atoms with Gasteiger partial charge in [0.2, 0.25) is 5.88 Å². The number of aryl methyl sites for hydroxylation is 1. The minimum Gasteiger partial charge on any atom is -0.434 e. The maximum absolute atomic E-state index is 13.8. The molecule has 0 bridgehead atoms. The van der Waals surface area contributed by atoms with Crippen molar-refractivity contribution in [2.75, 3.05) is 0 Å². The van der Waals surface area contributed by atoms with Crippen LogP contribution in [0.5, 0.6) is 11.6 Å². The number of hydrogen-bond acceptors (Lipinski definition) is 3. The van der Waals surface area contributed by atoms with Crippen molar-refractivity contribution in [1.29, 1.82) is 0 Å². The number of rotatable bonds is 3. The van der Waals surface area contributed by atoms with Gasteiger partial charge < -0.3 is 10.5 Å². The Hall–Kier alpha value is -2.40. The molecule has 4 nitrogen and oxygen atoms in total. The van der Waals surface area contributed by atoms with Crippen molar-refractivity contribution < 1.29 is 9.13 Å². The molecule has 20 heavy (non-hydrogen) atoms. The summed E-state index contributed by atoms with van der Waals surface area (Å²) in [6, 6.07) is 10.3. The van der Waals surface area contributed by atoms with Crippen LogP contribution in [0.1, 0.15) is 11.3 Å². The number of imidazole rings is 1. The number of aromatic nitrogens is 2. The SMILES string of the molecule is Cc1ccc(F)c(Oc2nc3ccccn3c2CN)c1. The second-order valence-electron chi connectivity index (χ2n) is 4.53. The van der Waals surface area contributed by atoms with Gasteiger partial charge in [-0.3, -0.25) is 4.40 Å². The van der Waals surface area contributed by atoms with Gasteiger partial charge in [0, 0.05) is 12.7 Å². The summed E-state index contributed by atoms with van der Waals surface area (Å²) in [6.07, 6.45) is 1.85. The third-order valence-corrected chi connectivity index (χ3v) is 3.08. The molecule has 0 aliphatic carbocycles. The summed E-state index contributed by atoms with van der Waals surface area (Å²) in [6.45, 7) is 2.13. The molecule has 0 radical (unpaired) electrons. The lowest BCUT2D eigenvalue weighted by molar-refractivity contribution is 0.424. The zero-order chi connectivity index (χ0) is 14.1. The molecule has 0 fully saturated rings. The van der Waals surface area contributed by atoms with E-state index >= 15 is 0 Å². The van der Waals surface area contributed by atoms with Gasteiger partial charge in [-0.15, -0.1) is 0 Å². The normalized spacial score (nSPS) is 10.9. The van der Waals surface area contributed by atoms with Crippen molar-refractivity contribution in [3.8, 4) is 11.6 Å². The molecule has 0 saturated carbocycles. The summed E-state index contributed by atoms with van der Waals surface area (Å²) in [5.74, 6) is 0.0712. The van der Waals surface area contributed by atoms with Gasteiger partial charge in [0.05, 0.1) is 0 Å². The van der Waals surface area contributed by atoms with Crippen LogP contribution in [0.4, 0.5) is 4.39 Å². The molecule has 2 aromatic heterocycles. The molecular weight excluding hydrogens is 257 g/mol. The lowest BCUT2D eigenvalue weighted by atomic mass is 10.2. The molecule has 0 unspecified atom stereocenters. The molecule has 2 heterocycles. The van der Waals surface area contributed by atoms with E-state index in [0.29, 0.717) is 11.6 Å². The number of nitrogens with two attached hydrogens (primary N) is 1. The smallest absolute Gasteiger partial charge is 0.242 e. The molecule has 1 aromatic carbocycles. The topological polar surface area (TPSA) is 52.5 Å². The van der Waals surface area contributed by atoms with Crippen LogP contribution < -0.4 is 10.5 Å². The predicted octanol–water partition coefficient (Wildman–Crippen LogP) is 3.03. The van der Waals surface area contributed by atoms with E-state index in [1.54, 1.807) is 12.1 Å². The highest BCUT2D eigenvalue weighted by molar-refractivity contribution is 5.47. The van der Waals surface area contributed by atoms with Crippen LogP contribution in [-0.4, -0.2) is 9.38 Å². The molecule has 2 N–H and O–H groups in total. The minimum absolute atomic E-state index is 0.156. The van der Waals surface area contributed by atoms with E-state index in [9.17, 15) is 4.39 Å². The fourth-order valence-electron chi connectivity index (χ4n) is 2.09. The molecule has 0 aliphatic heterocycles. The van der Waals surface area contributed by atoms with Crippen molar-refractivity contribution in [1.82, 2.24) is 9.38 Å². The Bertz CT molecular complexity index is 767. The highest BCUT2D eigenvalue weighted by Crippen LogP contribution is 2.28. The van der Waals surface area contributed by atoms with Crippen LogP contribution in [0.15, 0.2) is 42.6 Å². The van der Waals surface area contributed by atoms with Gasteiger partial charge in [0.1, 0.15) is 11.3 Å². The van der Waals surface area contributed by atoms with Gasteiger partial charge in [-0.2, -0.15) is 4.98 Å². The standard InChI is InChI=1S/C15H14FN3O/c1-10-5-6-11(16)13(8-10)20-15-12(9-17)19-7-3-2-4-14(19)18-15/h2-8H,9,17H2,1H3. The Morgan fingerprint density at radius 3 is 2.95 bits per heavy atom. The summed E-state index contributed by atoms with van der Waals surface area (Å²) in [7, 11) is 0. The van der Waals surface area contributed by atoms with E-state index in [1.165, 1.54) is 6.07 Å². The van der Waals surface area contributed by atoms with E-state index in [0.717, 1.165) is 11.2 Å². The molecule has 5 heteroatoms. The molecule has 0 saturated heterocycles. The van der Waals surface area contributed by atoms with Crippen molar-refractivity contribution in [2.24, 2.45) is 5.73 Å². The van der Waals surface area contributed by atoms with E-state index in [1.807, 2.05) is 35.7 Å². The molecule has 0 amide bonds. The average molecular weight is 271 g/mol. The fourth-order valence-corrected chi connectivity index (χ4v) is 2.09. The van der Waals surface area contributed by atoms with Gasteiger partial charge in [0.25, 0.3) is 0 Å². The second-order valence-corrected chi connectivity index (χ2v) is 4.53. The number of fused-ring (bicyclic) bond motifs is 1. The number of hydrogen-bond donors (Lipinski definition) is 1. The van der Waals surface area contributed by atoms with Gasteiger partial charge >= 0.3 is 0 Å². The van der Waals surface area contributed by atoms with E-state index in [2.05, 4.69) is 4.98 Å². The molecule has 0 aliphatic rings. The largest absolute Gasteiger partial charge is 0.434 e. The average Bonchev–Trinajstić information content (AvgIpc) is 2.80. The Morgan fingerprint density at radius 1 is 1.30 bits per heavy atom. The first-order chi connectivity index (χ1) is 9.69. The van der Waals surface area contributed by atoms with Gasteiger partial charge in [-0.25, -0.2) is 4.39 Å². The van der Waals surface area contributed by atoms with Gasteiger partial charge in [-0.1, -0.05) is 12.1 Å². The third-order valence-electron chi connectivity index (χ3n) is 3.08. The summed E-state index contributed by atoms with van der Waals surface area (Å²) < 4.78 is 21.2. The number of pyridine rings is 1. The highest BCUT2D eigenvalue weighted by atomic mass is 19.1. The number of benzene rings is 1. The third kappa shape index (κ3) is 2.12. The minimum atomic E-state index is -0.421. The van der Waals surface area contributed by atoms with Crippen LogP contribution >= 0.6 is 0 Å². The quantitative estimate of drug-likeness (QED) is 0.796. The first-order valence-electron chi connectivity index (χ1n) is 6.29. The summed E-state index contributed by atoms with van der Waals surface area (Å²) in [5.41, 5.74) is 8.09. The number of nitrogens with zero attached hydrogens (tertiary/aromatic N) is 2. The van der Waals surface area contributed by atoms with Crippen LogP contribution in [-0.2, 0) is 6.54 Å². The summed E-state index contributed by atoms with van der Waals surface area (Å²) >= 11 is 0. The van der Waals surface area contributed by atoms with Crippen LogP contribution in [0.3, 0.4) is 0 Å². The Morgan fingerprint density at radius 2 is 2.15 bits per heavy atom. The summed E-state index contributed by atoms with van der Waals surface area (Å²) in [4.78, 5) is 4.34. The molecule has 3 aromatic rings. The van der Waals surface area contributed by atoms with E-state index < -0.39 is 5.82 Å². The Balaban J connectivity index is 2.08. The van der Waals surface area contributed by atoms with Crippen LogP contribution in [0, 0.1) is 12.7 Å². The highest BCUT2D eigenvalue weighted by Gasteiger charge is 2.14. The van der Waals surface area contributed by atoms with Gasteiger partial charge in [-0.05, 0) is 36.8 Å². The predicted molar refractivity (Wildman–Crippen MR) is 74.3 cm³/mol. The van der Waals surface area contributed by atoms with E-state index in [4.69, 9.17) is 10.5 Å². The van der Waals surface area contributed by atoms with E-state index in [-0.39, 0.29) is 12.3 Å². The molecular formula is C15H14FN3O. The molecule has 0 atom stereocenters. The lowest BCUT2D eigenvalue weighted by Gasteiger charge is -2.06. The maximum Gasteiger partial charge on any atom is 0.242 e. The number of halogens is 1. The first-order valence-corrected chi connectivity index (χ1v) is 6.29. The summed E-state index contributed by atoms with van der Waals surface area (Å²) in [5, 5.41) is 0. The lowest BCUT2D eigenvalue weighted by Crippen LogP contribution is -2.02. The monoisotopic (exact) mass is 271 g/mol. The maximum atomic E-state index is 13.8. The number of ether oxygens (including phenoxy) is 1.